The molecule has 1 aromatic heterocycles. The summed E-state index contributed by atoms with van der Waals surface area (Å²) >= 11 is 12.5. The van der Waals surface area contributed by atoms with Gasteiger partial charge in [0, 0.05) is 11.6 Å². The summed E-state index contributed by atoms with van der Waals surface area (Å²) in [6.07, 6.45) is 0. The van der Waals surface area contributed by atoms with Crippen LogP contribution in [-0.2, 0) is 22.6 Å². The monoisotopic (exact) mass is 449 g/mol. The number of hydrogen-bond donors (Lipinski definition) is 1. The molecular weight excluding hydrogens is 432 g/mol. The van der Waals surface area contributed by atoms with Crippen LogP contribution in [0.4, 0.5) is 4.39 Å². The number of aryl methyl sites for hydroxylation is 1. The van der Waals surface area contributed by atoms with Crippen LogP contribution in [0.25, 0.3) is 0 Å². The molecule has 0 atom stereocenters. The largest absolute Gasteiger partial charge is 0.452 e. The van der Waals surface area contributed by atoms with Crippen LogP contribution in [0.3, 0.4) is 0 Å². The fourth-order valence-electron chi connectivity index (χ4n) is 2.74. The third-order valence-corrected chi connectivity index (χ3v) is 5.04. The van der Waals surface area contributed by atoms with Crippen molar-refractivity contribution < 1.29 is 18.7 Å². The first kappa shape index (κ1) is 21.8. The average Bonchev–Trinajstić information content (AvgIpc) is 3.00. The zero-order valence-electron chi connectivity index (χ0n) is 16.0. The average molecular weight is 450 g/mol. The number of amides is 1. The predicted octanol–water partition coefficient (Wildman–Crippen LogP) is 4.16. The van der Waals surface area contributed by atoms with Crippen molar-refractivity contribution >= 4 is 35.1 Å². The quantitative estimate of drug-likeness (QED) is 0.549. The topological polar surface area (TPSA) is 73.2 Å². The van der Waals surface area contributed by atoms with E-state index in [1.54, 1.807) is 25.1 Å². The van der Waals surface area contributed by atoms with Gasteiger partial charge in [0.05, 0.1) is 12.2 Å². The van der Waals surface area contributed by atoms with Crippen LogP contribution >= 0.6 is 23.2 Å². The highest BCUT2D eigenvalue weighted by atomic mass is 35.5. The van der Waals surface area contributed by atoms with Gasteiger partial charge in [-0.2, -0.15) is 5.10 Å². The first-order valence-corrected chi connectivity index (χ1v) is 9.75. The maximum absolute atomic E-state index is 12.9. The summed E-state index contributed by atoms with van der Waals surface area (Å²) in [5, 5.41) is 7.52. The summed E-state index contributed by atoms with van der Waals surface area (Å²) < 4.78 is 19.4. The van der Waals surface area contributed by atoms with Crippen molar-refractivity contribution in [3.05, 3.63) is 86.9 Å². The van der Waals surface area contributed by atoms with Gasteiger partial charge in [0.2, 0.25) is 0 Å². The Bertz CT molecular complexity index is 1070. The van der Waals surface area contributed by atoms with Gasteiger partial charge in [0.25, 0.3) is 5.91 Å². The lowest BCUT2D eigenvalue weighted by Gasteiger charge is -2.07. The fraction of sp³-hybridized carbons (Fsp3) is 0.190. The number of benzene rings is 2. The molecule has 0 spiro atoms. The lowest BCUT2D eigenvalue weighted by Crippen LogP contribution is -2.28. The Morgan fingerprint density at radius 1 is 1.13 bits per heavy atom. The van der Waals surface area contributed by atoms with Gasteiger partial charge >= 0.3 is 5.97 Å². The standard InChI is InChI=1S/C21H18Cl2FN3O3/c1-13-19(20(23)27(26-13)11-15-4-2-3-5-17(15)22)21(29)30-12-18(28)25-10-14-6-8-16(24)9-7-14/h2-9H,10-12H2,1H3,(H,25,28). The third kappa shape index (κ3) is 5.37. The Morgan fingerprint density at radius 3 is 2.53 bits per heavy atom. The molecule has 6 nitrogen and oxygen atoms in total. The first-order valence-electron chi connectivity index (χ1n) is 8.99. The van der Waals surface area contributed by atoms with Crippen LogP contribution in [0.1, 0.15) is 27.2 Å². The molecule has 1 heterocycles. The number of nitrogens with zero attached hydrogens (tertiary/aromatic N) is 2. The van der Waals surface area contributed by atoms with E-state index in [4.69, 9.17) is 27.9 Å². The van der Waals surface area contributed by atoms with E-state index in [0.29, 0.717) is 10.7 Å². The van der Waals surface area contributed by atoms with Crippen LogP contribution in [0.2, 0.25) is 10.2 Å². The van der Waals surface area contributed by atoms with Crippen LogP contribution < -0.4 is 5.32 Å². The summed E-state index contributed by atoms with van der Waals surface area (Å²) in [7, 11) is 0. The molecule has 2 aromatic carbocycles. The van der Waals surface area contributed by atoms with Gasteiger partial charge in [0.1, 0.15) is 16.5 Å². The molecule has 3 rings (SSSR count). The Balaban J connectivity index is 1.58. The summed E-state index contributed by atoms with van der Waals surface area (Å²) in [6.45, 7) is 1.61. The van der Waals surface area contributed by atoms with Crippen LogP contribution in [0, 0.1) is 12.7 Å². The van der Waals surface area contributed by atoms with E-state index in [9.17, 15) is 14.0 Å². The molecule has 1 amide bonds. The van der Waals surface area contributed by atoms with E-state index in [1.165, 1.54) is 16.8 Å². The Morgan fingerprint density at radius 2 is 1.83 bits per heavy atom. The van der Waals surface area contributed by atoms with Gasteiger partial charge < -0.3 is 10.1 Å². The van der Waals surface area contributed by atoms with Crippen molar-refractivity contribution in [2.45, 2.75) is 20.0 Å². The maximum atomic E-state index is 12.9. The molecule has 30 heavy (non-hydrogen) atoms. The van der Waals surface area contributed by atoms with Crippen molar-refractivity contribution in [3.8, 4) is 0 Å². The molecule has 0 aliphatic heterocycles. The highest BCUT2D eigenvalue weighted by Crippen LogP contribution is 2.24. The van der Waals surface area contributed by atoms with Crippen molar-refractivity contribution in [2.75, 3.05) is 6.61 Å². The second-order valence-electron chi connectivity index (χ2n) is 6.48. The number of nitrogens with one attached hydrogen (secondary N) is 1. The van der Waals surface area contributed by atoms with Crippen LogP contribution in [0.5, 0.6) is 0 Å². The summed E-state index contributed by atoms with van der Waals surface area (Å²) in [6, 6.07) is 12.9. The summed E-state index contributed by atoms with van der Waals surface area (Å²) in [5.74, 6) is -1.61. The number of carbonyl (C=O) groups excluding carboxylic acids is 2. The number of aromatic nitrogens is 2. The van der Waals surface area contributed by atoms with E-state index < -0.39 is 18.5 Å². The van der Waals surface area contributed by atoms with E-state index in [0.717, 1.165) is 11.1 Å². The van der Waals surface area contributed by atoms with E-state index in [1.807, 2.05) is 18.2 Å². The number of rotatable bonds is 7. The minimum Gasteiger partial charge on any atom is -0.452 e. The molecule has 9 heteroatoms. The molecular formula is C21H18Cl2FN3O3. The van der Waals surface area contributed by atoms with E-state index in [-0.39, 0.29) is 29.6 Å². The molecule has 0 radical (unpaired) electrons. The van der Waals surface area contributed by atoms with Crippen molar-refractivity contribution in [2.24, 2.45) is 0 Å². The van der Waals surface area contributed by atoms with Crippen molar-refractivity contribution in [1.82, 2.24) is 15.1 Å². The third-order valence-electron chi connectivity index (χ3n) is 4.28. The second-order valence-corrected chi connectivity index (χ2v) is 7.24. The number of esters is 1. The van der Waals surface area contributed by atoms with Gasteiger partial charge in [-0.15, -0.1) is 0 Å². The number of hydrogen-bond acceptors (Lipinski definition) is 4. The summed E-state index contributed by atoms with van der Waals surface area (Å²) in [5.41, 5.74) is 1.98. The molecule has 0 unspecified atom stereocenters. The van der Waals surface area contributed by atoms with Gasteiger partial charge in [-0.3, -0.25) is 4.79 Å². The van der Waals surface area contributed by atoms with Crippen LogP contribution in [-0.4, -0.2) is 28.3 Å². The lowest BCUT2D eigenvalue weighted by atomic mass is 10.2. The zero-order chi connectivity index (χ0) is 21.7. The molecule has 0 saturated heterocycles. The molecule has 0 saturated carbocycles. The smallest absolute Gasteiger partial charge is 0.343 e. The van der Waals surface area contributed by atoms with E-state index in [2.05, 4.69) is 10.4 Å². The molecule has 0 aliphatic rings. The van der Waals surface area contributed by atoms with Gasteiger partial charge in [-0.05, 0) is 36.2 Å². The summed E-state index contributed by atoms with van der Waals surface area (Å²) in [4.78, 5) is 24.4. The molecule has 0 fully saturated rings. The number of carbonyl (C=O) groups is 2. The molecule has 0 bridgehead atoms. The van der Waals surface area contributed by atoms with Gasteiger partial charge in [-0.1, -0.05) is 53.5 Å². The minimum absolute atomic E-state index is 0.0926. The molecule has 0 aliphatic carbocycles. The Kier molecular flexibility index (Phi) is 7.07. The normalized spacial score (nSPS) is 10.7. The highest BCUT2D eigenvalue weighted by molar-refractivity contribution is 6.33. The fourth-order valence-corrected chi connectivity index (χ4v) is 3.24. The molecule has 3 aromatic rings. The highest BCUT2D eigenvalue weighted by Gasteiger charge is 2.22. The Hall–Kier alpha value is -2.90. The molecule has 156 valence electrons. The predicted molar refractivity (Wildman–Crippen MR) is 111 cm³/mol. The SMILES string of the molecule is Cc1nn(Cc2ccccc2Cl)c(Cl)c1C(=O)OCC(=O)NCc1ccc(F)cc1. The van der Waals surface area contributed by atoms with Crippen LogP contribution in [0.15, 0.2) is 48.5 Å². The Labute approximate surface area is 182 Å². The van der Waals surface area contributed by atoms with E-state index >= 15 is 0 Å². The second kappa shape index (κ2) is 9.73. The maximum Gasteiger partial charge on any atom is 0.343 e. The lowest BCUT2D eigenvalue weighted by molar-refractivity contribution is -0.124. The van der Waals surface area contributed by atoms with Crippen molar-refractivity contribution in [1.29, 1.82) is 0 Å². The first-order chi connectivity index (χ1) is 14.3. The van der Waals surface area contributed by atoms with Crippen molar-refractivity contribution in [3.63, 3.8) is 0 Å². The molecule has 1 N–H and O–H groups in total. The van der Waals surface area contributed by atoms with Gasteiger partial charge in [0.15, 0.2) is 6.61 Å². The minimum atomic E-state index is -0.750. The number of halogens is 3. The van der Waals surface area contributed by atoms with Gasteiger partial charge in [-0.25, -0.2) is 13.9 Å². The zero-order valence-corrected chi connectivity index (χ0v) is 17.5. The number of ether oxygens (including phenoxy) is 1.